The Morgan fingerprint density at radius 3 is 2.70 bits per heavy atom. The average molecular weight is 487 g/mol. The van der Waals surface area contributed by atoms with Crippen LogP contribution in [-0.4, -0.2) is 32.7 Å². The van der Waals surface area contributed by atoms with Crippen LogP contribution in [0.3, 0.4) is 0 Å². The lowest BCUT2D eigenvalue weighted by Gasteiger charge is -2.19. The van der Waals surface area contributed by atoms with E-state index in [4.69, 9.17) is 9.15 Å². The van der Waals surface area contributed by atoms with Crippen LogP contribution in [-0.2, 0) is 16.8 Å². The number of halogens is 2. The molecule has 7 heteroatoms. The topological polar surface area (TPSA) is 58.8 Å². The molecule has 5 nitrogen and oxygen atoms in total. The minimum absolute atomic E-state index is 0. The lowest BCUT2D eigenvalue weighted by Crippen LogP contribution is -2.41. The highest BCUT2D eigenvalue weighted by Gasteiger charge is 2.45. The van der Waals surface area contributed by atoms with Gasteiger partial charge in [-0.25, -0.2) is 4.39 Å². The van der Waals surface area contributed by atoms with Crippen molar-refractivity contribution in [3.8, 4) is 0 Å². The third kappa shape index (κ3) is 6.21. The molecule has 2 N–H and O–H groups in total. The Bertz CT molecular complexity index is 718. The maximum absolute atomic E-state index is 14.1. The molecule has 0 radical (unpaired) electrons. The van der Waals surface area contributed by atoms with Crippen LogP contribution in [0.15, 0.2) is 52.1 Å². The summed E-state index contributed by atoms with van der Waals surface area (Å²) in [6.45, 7) is 2.57. The smallest absolute Gasteiger partial charge is 0.191 e. The van der Waals surface area contributed by atoms with Gasteiger partial charge in [-0.15, -0.1) is 24.0 Å². The van der Waals surface area contributed by atoms with Gasteiger partial charge in [0.2, 0.25) is 0 Å². The number of furan rings is 1. The van der Waals surface area contributed by atoms with E-state index >= 15 is 0 Å². The molecule has 1 aliphatic rings. The predicted octanol–water partition coefficient (Wildman–Crippen LogP) is 3.84. The second-order valence-electron chi connectivity index (χ2n) is 6.60. The van der Waals surface area contributed by atoms with Crippen LogP contribution in [0, 0.1) is 5.82 Å². The summed E-state index contributed by atoms with van der Waals surface area (Å²) in [4.78, 5) is 4.24. The van der Waals surface area contributed by atoms with Crippen molar-refractivity contribution < 1.29 is 13.5 Å². The van der Waals surface area contributed by atoms with Crippen molar-refractivity contribution in [3.63, 3.8) is 0 Å². The van der Waals surface area contributed by atoms with Gasteiger partial charge in [0.25, 0.3) is 0 Å². The Kier molecular flexibility index (Phi) is 8.56. The van der Waals surface area contributed by atoms with Crippen LogP contribution in [0.5, 0.6) is 0 Å². The first-order valence-corrected chi connectivity index (χ1v) is 9.03. The number of benzene rings is 1. The van der Waals surface area contributed by atoms with Crippen molar-refractivity contribution in [2.45, 2.75) is 31.3 Å². The van der Waals surface area contributed by atoms with Crippen molar-refractivity contribution >= 4 is 29.9 Å². The zero-order valence-corrected chi connectivity index (χ0v) is 17.9. The molecule has 0 amide bonds. The summed E-state index contributed by atoms with van der Waals surface area (Å²) >= 11 is 0. The largest absolute Gasteiger partial charge is 0.467 e. The first-order chi connectivity index (χ1) is 12.7. The van der Waals surface area contributed by atoms with Gasteiger partial charge in [-0.05, 0) is 43.0 Å². The van der Waals surface area contributed by atoms with Gasteiger partial charge < -0.3 is 19.8 Å². The monoisotopic (exact) mass is 487 g/mol. The fraction of sp³-hybridized carbons (Fsp3) is 0.450. The molecular formula is C20H27FIN3O2. The van der Waals surface area contributed by atoms with Crippen LogP contribution in [0.4, 0.5) is 4.39 Å². The molecule has 1 heterocycles. The van der Waals surface area contributed by atoms with Gasteiger partial charge >= 0.3 is 0 Å². The SMILES string of the molecule is CN=C(NCCCOCc1ccco1)NCC1(c2ccccc2F)CC1.I. The van der Waals surface area contributed by atoms with E-state index in [1.165, 1.54) is 6.07 Å². The molecule has 1 saturated carbocycles. The molecule has 0 saturated heterocycles. The molecule has 148 valence electrons. The maximum Gasteiger partial charge on any atom is 0.191 e. The van der Waals surface area contributed by atoms with Gasteiger partial charge in [0.1, 0.15) is 18.2 Å². The number of guanidine groups is 1. The summed E-state index contributed by atoms with van der Waals surface area (Å²) < 4.78 is 24.8. The molecule has 0 spiro atoms. The standard InChI is InChI=1S/C20H26FN3O2.HI/c1-22-19(23-11-5-12-25-14-16-6-4-13-26-16)24-15-20(9-10-20)17-7-2-3-8-18(17)21;/h2-4,6-8,13H,5,9-12,14-15H2,1H3,(H2,22,23,24);1H. The number of hydrogen-bond acceptors (Lipinski definition) is 3. The van der Waals surface area contributed by atoms with E-state index in [1.54, 1.807) is 19.4 Å². The second-order valence-corrected chi connectivity index (χ2v) is 6.60. The van der Waals surface area contributed by atoms with Gasteiger partial charge in [0.05, 0.1) is 6.26 Å². The molecule has 0 bridgehead atoms. The minimum Gasteiger partial charge on any atom is -0.467 e. The molecule has 1 aromatic carbocycles. The van der Waals surface area contributed by atoms with Gasteiger partial charge in [-0.3, -0.25) is 4.99 Å². The summed E-state index contributed by atoms with van der Waals surface area (Å²) in [5.41, 5.74) is 0.698. The average Bonchev–Trinajstić information content (AvgIpc) is 3.26. The number of nitrogens with one attached hydrogen (secondary N) is 2. The first kappa shape index (κ1) is 21.7. The highest BCUT2D eigenvalue weighted by atomic mass is 127. The van der Waals surface area contributed by atoms with E-state index in [0.29, 0.717) is 19.8 Å². The summed E-state index contributed by atoms with van der Waals surface area (Å²) in [5.74, 6) is 1.44. The number of rotatable bonds is 9. The Balaban J connectivity index is 0.00000261. The molecule has 0 aliphatic heterocycles. The van der Waals surface area contributed by atoms with E-state index in [2.05, 4.69) is 15.6 Å². The van der Waals surface area contributed by atoms with Crippen LogP contribution < -0.4 is 10.6 Å². The molecule has 1 aromatic heterocycles. The number of hydrogen-bond donors (Lipinski definition) is 2. The molecule has 27 heavy (non-hydrogen) atoms. The van der Waals surface area contributed by atoms with Crippen molar-refractivity contribution in [1.29, 1.82) is 0 Å². The maximum atomic E-state index is 14.1. The lowest BCUT2D eigenvalue weighted by molar-refractivity contribution is 0.105. The fourth-order valence-corrected chi connectivity index (χ4v) is 3.01. The summed E-state index contributed by atoms with van der Waals surface area (Å²) in [7, 11) is 1.74. The van der Waals surface area contributed by atoms with E-state index in [9.17, 15) is 4.39 Å². The Labute approximate surface area is 176 Å². The van der Waals surface area contributed by atoms with Gasteiger partial charge in [0.15, 0.2) is 5.96 Å². The summed E-state index contributed by atoms with van der Waals surface area (Å²) in [6, 6.07) is 10.8. The normalized spacial score (nSPS) is 15.1. The second kappa shape index (κ2) is 10.7. The van der Waals surface area contributed by atoms with Crippen LogP contribution in [0.2, 0.25) is 0 Å². The quantitative estimate of drug-likeness (QED) is 0.244. The zero-order valence-electron chi connectivity index (χ0n) is 15.5. The molecular weight excluding hydrogens is 460 g/mol. The lowest BCUT2D eigenvalue weighted by atomic mass is 9.95. The molecule has 1 fully saturated rings. The van der Waals surface area contributed by atoms with Gasteiger partial charge in [-0.1, -0.05) is 18.2 Å². The van der Waals surface area contributed by atoms with Crippen molar-refractivity contribution in [3.05, 3.63) is 59.8 Å². The first-order valence-electron chi connectivity index (χ1n) is 9.03. The van der Waals surface area contributed by atoms with Gasteiger partial charge in [0, 0.05) is 32.2 Å². The highest BCUT2D eigenvalue weighted by Crippen LogP contribution is 2.48. The fourth-order valence-electron chi connectivity index (χ4n) is 3.01. The molecule has 3 rings (SSSR count). The summed E-state index contributed by atoms with van der Waals surface area (Å²) in [6.07, 6.45) is 4.50. The molecule has 0 unspecified atom stereocenters. The number of aliphatic imine (C=N–C) groups is 1. The van der Waals surface area contributed by atoms with E-state index in [0.717, 1.165) is 43.1 Å². The number of nitrogens with zero attached hydrogens (tertiary/aromatic N) is 1. The Morgan fingerprint density at radius 1 is 1.22 bits per heavy atom. The third-order valence-corrected chi connectivity index (χ3v) is 4.70. The molecule has 1 aliphatic carbocycles. The minimum atomic E-state index is -0.122. The van der Waals surface area contributed by atoms with E-state index in [-0.39, 0.29) is 35.2 Å². The van der Waals surface area contributed by atoms with E-state index in [1.807, 2.05) is 24.3 Å². The van der Waals surface area contributed by atoms with Crippen LogP contribution in [0.1, 0.15) is 30.6 Å². The third-order valence-electron chi connectivity index (χ3n) is 4.70. The van der Waals surface area contributed by atoms with Crippen molar-refractivity contribution in [2.24, 2.45) is 4.99 Å². The highest BCUT2D eigenvalue weighted by molar-refractivity contribution is 14.0. The Morgan fingerprint density at radius 2 is 2.04 bits per heavy atom. The van der Waals surface area contributed by atoms with Gasteiger partial charge in [-0.2, -0.15) is 0 Å². The number of ether oxygens (including phenoxy) is 1. The zero-order chi connectivity index (χ0) is 18.2. The van der Waals surface area contributed by atoms with Crippen molar-refractivity contribution in [2.75, 3.05) is 26.7 Å². The van der Waals surface area contributed by atoms with Crippen LogP contribution >= 0.6 is 24.0 Å². The Hall–Kier alpha value is -1.61. The van der Waals surface area contributed by atoms with Crippen LogP contribution in [0.25, 0.3) is 0 Å². The van der Waals surface area contributed by atoms with E-state index < -0.39 is 0 Å². The molecule has 0 atom stereocenters. The predicted molar refractivity (Wildman–Crippen MR) is 115 cm³/mol. The van der Waals surface area contributed by atoms with Crippen molar-refractivity contribution in [1.82, 2.24) is 10.6 Å². The summed E-state index contributed by atoms with van der Waals surface area (Å²) in [5, 5.41) is 6.60. The molecule has 2 aromatic rings.